The van der Waals surface area contributed by atoms with Gasteiger partial charge in [0.25, 0.3) is 0 Å². The van der Waals surface area contributed by atoms with Crippen molar-refractivity contribution in [3.8, 4) is 0 Å². The van der Waals surface area contributed by atoms with Gasteiger partial charge in [-0.05, 0) is 31.7 Å². The lowest BCUT2D eigenvalue weighted by Crippen LogP contribution is -2.29. The number of hydrogen-bond acceptors (Lipinski definition) is 5. The number of aromatic nitrogens is 3. The van der Waals surface area contributed by atoms with E-state index in [4.69, 9.17) is 4.74 Å². The van der Waals surface area contributed by atoms with E-state index >= 15 is 0 Å². The molecule has 0 bridgehead atoms. The van der Waals surface area contributed by atoms with Crippen LogP contribution in [0.5, 0.6) is 0 Å². The highest BCUT2D eigenvalue weighted by Gasteiger charge is 2.20. The van der Waals surface area contributed by atoms with Crippen LogP contribution < -0.4 is 10.6 Å². The summed E-state index contributed by atoms with van der Waals surface area (Å²) in [4.78, 5) is 11.6. The molecule has 20 heavy (non-hydrogen) atoms. The minimum atomic E-state index is -0.0523. The first kappa shape index (κ1) is 14.9. The first-order chi connectivity index (χ1) is 9.78. The molecule has 2 rings (SSSR count). The lowest BCUT2D eigenvalue weighted by Gasteiger charge is -2.04. The van der Waals surface area contributed by atoms with Gasteiger partial charge in [-0.3, -0.25) is 4.79 Å². The summed E-state index contributed by atoms with van der Waals surface area (Å²) in [5.41, 5.74) is 0.873. The van der Waals surface area contributed by atoms with E-state index in [0.717, 1.165) is 24.6 Å². The Labute approximate surface area is 119 Å². The van der Waals surface area contributed by atoms with Crippen molar-refractivity contribution >= 4 is 5.91 Å². The minimum absolute atomic E-state index is 0.0523. The third kappa shape index (κ3) is 5.66. The molecule has 1 aromatic heterocycles. The van der Waals surface area contributed by atoms with Crippen LogP contribution in [0.25, 0.3) is 0 Å². The van der Waals surface area contributed by atoms with Crippen molar-refractivity contribution in [3.05, 3.63) is 11.9 Å². The number of nitrogens with zero attached hydrogens (tertiary/aromatic N) is 3. The lowest BCUT2D eigenvalue weighted by atomic mass is 10.4. The van der Waals surface area contributed by atoms with Crippen molar-refractivity contribution in [1.82, 2.24) is 25.6 Å². The second-order valence-electron chi connectivity index (χ2n) is 5.18. The molecule has 0 atom stereocenters. The quantitative estimate of drug-likeness (QED) is 0.587. The molecule has 0 radical (unpaired) electrons. The molecule has 1 saturated carbocycles. The van der Waals surface area contributed by atoms with Gasteiger partial charge in [-0.25, -0.2) is 4.68 Å². The fraction of sp³-hybridized carbons (Fsp3) is 0.769. The maximum atomic E-state index is 11.6. The molecule has 1 heterocycles. The molecular formula is C13H23N5O2. The molecule has 7 nitrogen and oxygen atoms in total. The predicted octanol–water partition coefficient (Wildman–Crippen LogP) is -0.0696. The lowest BCUT2D eigenvalue weighted by molar-refractivity contribution is -0.121. The van der Waals surface area contributed by atoms with Crippen LogP contribution in [0.3, 0.4) is 0 Å². The van der Waals surface area contributed by atoms with E-state index in [2.05, 4.69) is 20.9 Å². The van der Waals surface area contributed by atoms with Crippen molar-refractivity contribution in [1.29, 1.82) is 0 Å². The molecule has 7 heteroatoms. The van der Waals surface area contributed by atoms with E-state index in [-0.39, 0.29) is 12.5 Å². The maximum Gasteiger partial charge on any atom is 0.241 e. The van der Waals surface area contributed by atoms with E-state index < -0.39 is 0 Å². The van der Waals surface area contributed by atoms with Gasteiger partial charge in [-0.15, -0.1) is 5.10 Å². The normalized spacial score (nSPS) is 14.4. The monoisotopic (exact) mass is 281 g/mol. The van der Waals surface area contributed by atoms with Gasteiger partial charge < -0.3 is 15.4 Å². The Kier molecular flexibility index (Phi) is 5.94. The van der Waals surface area contributed by atoms with Crippen LogP contribution in [-0.4, -0.2) is 47.7 Å². The summed E-state index contributed by atoms with van der Waals surface area (Å²) in [6, 6.07) is 0. The van der Waals surface area contributed by atoms with Crippen LogP contribution in [0.2, 0.25) is 0 Å². The van der Waals surface area contributed by atoms with Crippen molar-refractivity contribution in [2.75, 3.05) is 26.8 Å². The number of hydrogen-bond donors (Lipinski definition) is 2. The molecule has 1 aromatic rings. The zero-order valence-electron chi connectivity index (χ0n) is 12.0. The summed E-state index contributed by atoms with van der Waals surface area (Å²) >= 11 is 0. The molecule has 1 aliphatic rings. The summed E-state index contributed by atoms with van der Waals surface area (Å²) in [5.74, 6) is 0.798. The van der Waals surface area contributed by atoms with Gasteiger partial charge in [0, 0.05) is 26.8 Å². The molecule has 0 aliphatic heterocycles. The van der Waals surface area contributed by atoms with Crippen LogP contribution in [0, 0.1) is 5.92 Å². The van der Waals surface area contributed by atoms with E-state index in [1.54, 1.807) is 11.8 Å². The van der Waals surface area contributed by atoms with Crippen LogP contribution >= 0.6 is 0 Å². The highest BCUT2D eigenvalue weighted by Crippen LogP contribution is 2.27. The SMILES string of the molecule is COCCCNC(=O)Cn1cc(CNCC2CC2)nn1. The van der Waals surface area contributed by atoms with E-state index in [9.17, 15) is 4.79 Å². The number of nitrogens with one attached hydrogen (secondary N) is 2. The Morgan fingerprint density at radius 2 is 2.40 bits per heavy atom. The number of ether oxygens (including phenoxy) is 1. The summed E-state index contributed by atoms with van der Waals surface area (Å²) < 4.78 is 6.49. The van der Waals surface area contributed by atoms with Gasteiger partial charge in [-0.1, -0.05) is 5.21 Å². The molecule has 0 saturated heterocycles. The van der Waals surface area contributed by atoms with Crippen molar-refractivity contribution in [3.63, 3.8) is 0 Å². The van der Waals surface area contributed by atoms with Crippen molar-refractivity contribution in [2.45, 2.75) is 32.4 Å². The third-order valence-electron chi connectivity index (χ3n) is 3.18. The van der Waals surface area contributed by atoms with Crippen LogP contribution in [0.4, 0.5) is 0 Å². The van der Waals surface area contributed by atoms with Gasteiger partial charge >= 0.3 is 0 Å². The van der Waals surface area contributed by atoms with E-state index in [1.165, 1.54) is 12.8 Å². The van der Waals surface area contributed by atoms with Crippen LogP contribution in [-0.2, 0) is 22.6 Å². The second kappa shape index (κ2) is 7.96. The van der Waals surface area contributed by atoms with Crippen molar-refractivity contribution < 1.29 is 9.53 Å². The first-order valence-corrected chi connectivity index (χ1v) is 7.13. The van der Waals surface area contributed by atoms with Gasteiger partial charge in [0.15, 0.2) is 0 Å². The average Bonchev–Trinajstić information content (AvgIpc) is 3.15. The third-order valence-corrected chi connectivity index (χ3v) is 3.18. The Morgan fingerprint density at radius 1 is 1.55 bits per heavy atom. The molecule has 112 valence electrons. The highest BCUT2D eigenvalue weighted by atomic mass is 16.5. The number of carbonyl (C=O) groups is 1. The molecule has 1 amide bonds. The molecule has 1 fully saturated rings. The van der Waals surface area contributed by atoms with Gasteiger partial charge in [-0.2, -0.15) is 0 Å². The maximum absolute atomic E-state index is 11.6. The Morgan fingerprint density at radius 3 is 3.15 bits per heavy atom. The fourth-order valence-electron chi connectivity index (χ4n) is 1.87. The highest BCUT2D eigenvalue weighted by molar-refractivity contribution is 5.75. The van der Waals surface area contributed by atoms with E-state index in [0.29, 0.717) is 19.7 Å². The number of amides is 1. The smallest absolute Gasteiger partial charge is 0.241 e. The minimum Gasteiger partial charge on any atom is -0.385 e. The topological polar surface area (TPSA) is 81.1 Å². The zero-order valence-corrected chi connectivity index (χ0v) is 12.0. The largest absolute Gasteiger partial charge is 0.385 e. The Hall–Kier alpha value is -1.47. The average molecular weight is 281 g/mol. The number of carbonyl (C=O) groups excluding carboxylic acids is 1. The molecule has 0 aromatic carbocycles. The molecule has 0 unspecified atom stereocenters. The number of methoxy groups -OCH3 is 1. The van der Waals surface area contributed by atoms with Gasteiger partial charge in [0.1, 0.15) is 6.54 Å². The van der Waals surface area contributed by atoms with Gasteiger partial charge in [0.2, 0.25) is 5.91 Å². The molecular weight excluding hydrogens is 258 g/mol. The fourth-order valence-corrected chi connectivity index (χ4v) is 1.87. The van der Waals surface area contributed by atoms with Crippen LogP contribution in [0.1, 0.15) is 25.0 Å². The predicted molar refractivity (Wildman–Crippen MR) is 74.0 cm³/mol. The summed E-state index contributed by atoms with van der Waals surface area (Å²) in [6.45, 7) is 3.25. The summed E-state index contributed by atoms with van der Waals surface area (Å²) in [5, 5.41) is 14.2. The zero-order chi connectivity index (χ0) is 14.2. The first-order valence-electron chi connectivity index (χ1n) is 7.13. The molecule has 0 spiro atoms. The van der Waals surface area contributed by atoms with Gasteiger partial charge in [0.05, 0.1) is 11.9 Å². The molecule has 2 N–H and O–H groups in total. The van der Waals surface area contributed by atoms with Crippen LogP contribution in [0.15, 0.2) is 6.20 Å². The Bertz CT molecular complexity index is 417. The number of rotatable bonds is 10. The second-order valence-corrected chi connectivity index (χ2v) is 5.18. The van der Waals surface area contributed by atoms with Crippen molar-refractivity contribution in [2.24, 2.45) is 5.92 Å². The molecule has 1 aliphatic carbocycles. The Balaban J connectivity index is 1.61. The standard InChI is InChI=1S/C13H23N5O2/c1-20-6-2-5-15-13(19)10-18-9-12(16-17-18)8-14-7-11-3-4-11/h9,11,14H,2-8,10H2,1H3,(H,15,19). The van der Waals surface area contributed by atoms with E-state index in [1.807, 2.05) is 6.20 Å². The summed E-state index contributed by atoms with van der Waals surface area (Å²) in [6.07, 6.45) is 5.30. The summed E-state index contributed by atoms with van der Waals surface area (Å²) in [7, 11) is 1.65.